The van der Waals surface area contributed by atoms with Crippen molar-refractivity contribution in [2.75, 3.05) is 13.2 Å². The van der Waals surface area contributed by atoms with E-state index in [-0.39, 0.29) is 19.6 Å². The summed E-state index contributed by atoms with van der Waals surface area (Å²) in [7, 11) is 0. The lowest BCUT2D eigenvalue weighted by molar-refractivity contribution is -0.140. The lowest BCUT2D eigenvalue weighted by atomic mass is 9.80. The number of aromatic amines is 1. The number of nitrogens with one attached hydrogen (secondary N) is 1. The largest absolute Gasteiger partial charge is 0.423 e. The van der Waals surface area contributed by atoms with Gasteiger partial charge in [-0.15, -0.1) is 5.92 Å². The van der Waals surface area contributed by atoms with Crippen LogP contribution in [0.1, 0.15) is 55.2 Å². The molecule has 1 aliphatic heterocycles. The van der Waals surface area contributed by atoms with Crippen LogP contribution in [0.5, 0.6) is 0 Å². The highest BCUT2D eigenvalue weighted by Gasteiger charge is 2.43. The lowest BCUT2D eigenvalue weighted by Crippen LogP contribution is -2.39. The first kappa shape index (κ1) is 32.9. The smallest absolute Gasteiger partial charge is 0.363 e. The summed E-state index contributed by atoms with van der Waals surface area (Å²) in [5.74, 6) is 6.42. The quantitative estimate of drug-likeness (QED) is 0.164. The van der Waals surface area contributed by atoms with E-state index < -0.39 is 47.0 Å². The molecule has 0 amide bonds. The Labute approximate surface area is 265 Å². The van der Waals surface area contributed by atoms with E-state index in [4.69, 9.17) is 14.2 Å². The topological polar surface area (TPSA) is 82.6 Å². The second-order valence-corrected chi connectivity index (χ2v) is 11.5. The van der Waals surface area contributed by atoms with E-state index >= 15 is 0 Å². The first-order valence-corrected chi connectivity index (χ1v) is 15.1. The van der Waals surface area contributed by atoms with Crippen molar-refractivity contribution in [3.8, 4) is 11.8 Å². The van der Waals surface area contributed by atoms with Gasteiger partial charge in [0.25, 0.3) is 5.56 Å². The molecule has 0 radical (unpaired) electrons. The zero-order chi connectivity index (χ0) is 32.7. The summed E-state index contributed by atoms with van der Waals surface area (Å²) < 4.78 is 60.8. The predicted molar refractivity (Wildman–Crippen MR) is 167 cm³/mol. The Morgan fingerprint density at radius 3 is 1.93 bits per heavy atom. The molecule has 4 aromatic rings. The summed E-state index contributed by atoms with van der Waals surface area (Å²) in [4.78, 5) is 26.5. The van der Waals surface area contributed by atoms with Crippen LogP contribution in [-0.2, 0) is 26.0 Å². The summed E-state index contributed by atoms with van der Waals surface area (Å²) >= 11 is 0. The minimum atomic E-state index is -4.97. The van der Waals surface area contributed by atoms with Crippen LogP contribution >= 0.6 is 0 Å². The maximum Gasteiger partial charge on any atom is 0.423 e. The minimum Gasteiger partial charge on any atom is -0.363 e. The van der Waals surface area contributed by atoms with Gasteiger partial charge in [-0.3, -0.25) is 14.3 Å². The molecule has 0 bridgehead atoms. The van der Waals surface area contributed by atoms with E-state index in [9.17, 15) is 22.8 Å². The van der Waals surface area contributed by atoms with Crippen LogP contribution in [0.2, 0.25) is 0 Å². The third-order valence-corrected chi connectivity index (χ3v) is 7.77. The maximum absolute atomic E-state index is 13.6. The number of ether oxygens (including phenoxy) is 3. The number of aromatic nitrogens is 2. The number of H-pyrrole nitrogens is 1. The summed E-state index contributed by atoms with van der Waals surface area (Å²) in [6.45, 7) is 4.10. The first-order chi connectivity index (χ1) is 22.1. The summed E-state index contributed by atoms with van der Waals surface area (Å²) in [6.07, 6.45) is -6.42. The standard InChI is InChI=1S/C36H35F3N2O5/c1-25(2)14-12-13-21-44-30-22-32(41-23-29(36(37,38)39)33(42)40-34(41)43)46-31(30)24-45-35(26-15-6-3-7-16-26,27-17-8-4-9-18-27)28-19-10-5-11-20-28/h3-11,15-20,23,25,30-32H,14,21-22,24H2,1-2H3,(H,40,42,43)/t30-,31+,32+/m0/s1. The number of hydrogen-bond donors (Lipinski definition) is 1. The Kier molecular flexibility index (Phi) is 10.3. The zero-order valence-electron chi connectivity index (χ0n) is 25.5. The molecule has 7 nitrogen and oxygen atoms in total. The van der Waals surface area contributed by atoms with Crippen LogP contribution < -0.4 is 11.2 Å². The van der Waals surface area contributed by atoms with Crippen molar-refractivity contribution in [3.63, 3.8) is 0 Å². The van der Waals surface area contributed by atoms with Crippen LogP contribution in [0.3, 0.4) is 0 Å². The second kappa shape index (κ2) is 14.3. The van der Waals surface area contributed by atoms with Gasteiger partial charge in [0.2, 0.25) is 0 Å². The van der Waals surface area contributed by atoms with Gasteiger partial charge in [0.1, 0.15) is 30.1 Å². The predicted octanol–water partition coefficient (Wildman–Crippen LogP) is 6.29. The normalized spacial score (nSPS) is 18.3. The van der Waals surface area contributed by atoms with Gasteiger partial charge in [-0.05, 0) is 22.6 Å². The molecule has 46 heavy (non-hydrogen) atoms. The SMILES string of the molecule is CC(C)CC#CCO[C@H]1C[C@H](n2cc(C(F)(F)F)c(=O)[nH]c2=O)O[C@@H]1COC(c1ccccc1)(c1ccccc1)c1ccccc1. The Bertz CT molecular complexity index is 1660. The summed E-state index contributed by atoms with van der Waals surface area (Å²) in [5.41, 5.74) is -2.57. The molecule has 1 aliphatic rings. The first-order valence-electron chi connectivity index (χ1n) is 15.1. The zero-order valence-corrected chi connectivity index (χ0v) is 25.5. The van der Waals surface area contributed by atoms with Crippen molar-refractivity contribution in [3.05, 3.63) is 140 Å². The molecule has 1 saturated heterocycles. The molecule has 3 aromatic carbocycles. The highest BCUT2D eigenvalue weighted by atomic mass is 19.4. The van der Waals surface area contributed by atoms with Crippen molar-refractivity contribution >= 4 is 0 Å². The van der Waals surface area contributed by atoms with Crippen molar-refractivity contribution in [1.29, 1.82) is 0 Å². The lowest BCUT2D eigenvalue weighted by Gasteiger charge is -2.37. The molecule has 10 heteroatoms. The molecule has 5 rings (SSSR count). The highest BCUT2D eigenvalue weighted by molar-refractivity contribution is 5.47. The molecule has 240 valence electrons. The average Bonchev–Trinajstić information content (AvgIpc) is 3.44. The van der Waals surface area contributed by atoms with Gasteiger partial charge < -0.3 is 14.2 Å². The molecule has 0 saturated carbocycles. The number of alkyl halides is 3. The Balaban J connectivity index is 1.52. The molecular weight excluding hydrogens is 597 g/mol. The van der Waals surface area contributed by atoms with E-state index in [0.717, 1.165) is 21.3 Å². The van der Waals surface area contributed by atoms with Gasteiger partial charge in [0.15, 0.2) is 0 Å². The Hall–Kier alpha value is -4.43. The third kappa shape index (κ3) is 7.34. The fourth-order valence-electron chi connectivity index (χ4n) is 5.55. The fraction of sp³-hybridized carbons (Fsp3) is 0.333. The van der Waals surface area contributed by atoms with Crippen LogP contribution in [-0.4, -0.2) is 35.0 Å². The van der Waals surface area contributed by atoms with Gasteiger partial charge in [-0.2, -0.15) is 13.2 Å². The number of halogens is 3. The number of benzene rings is 3. The minimum absolute atomic E-state index is 0.0259. The number of hydrogen-bond acceptors (Lipinski definition) is 5. The van der Waals surface area contributed by atoms with Gasteiger partial charge in [0, 0.05) is 19.0 Å². The van der Waals surface area contributed by atoms with E-state index in [1.807, 2.05) is 105 Å². The fourth-order valence-corrected chi connectivity index (χ4v) is 5.55. The Morgan fingerprint density at radius 2 is 1.43 bits per heavy atom. The molecule has 0 aliphatic carbocycles. The molecular formula is C36H35F3N2O5. The summed E-state index contributed by atoms with van der Waals surface area (Å²) in [5, 5.41) is 0. The van der Waals surface area contributed by atoms with E-state index in [0.29, 0.717) is 18.5 Å². The van der Waals surface area contributed by atoms with E-state index in [1.54, 1.807) is 4.98 Å². The van der Waals surface area contributed by atoms with Crippen LogP contribution in [0.4, 0.5) is 13.2 Å². The monoisotopic (exact) mass is 632 g/mol. The van der Waals surface area contributed by atoms with Gasteiger partial charge >= 0.3 is 11.9 Å². The van der Waals surface area contributed by atoms with Crippen molar-refractivity contribution < 1.29 is 27.4 Å². The van der Waals surface area contributed by atoms with E-state index in [1.165, 1.54) is 0 Å². The van der Waals surface area contributed by atoms with Gasteiger partial charge in [-0.1, -0.05) is 111 Å². The van der Waals surface area contributed by atoms with Crippen molar-refractivity contribution in [1.82, 2.24) is 9.55 Å². The summed E-state index contributed by atoms with van der Waals surface area (Å²) in [6, 6.07) is 29.1. The molecule has 1 fully saturated rings. The second-order valence-electron chi connectivity index (χ2n) is 11.5. The molecule has 0 spiro atoms. The number of rotatable bonds is 10. The van der Waals surface area contributed by atoms with E-state index in [2.05, 4.69) is 11.8 Å². The number of nitrogens with zero attached hydrogens (tertiary/aromatic N) is 1. The Morgan fingerprint density at radius 1 is 0.891 bits per heavy atom. The van der Waals surface area contributed by atoms with Crippen LogP contribution in [0.25, 0.3) is 0 Å². The molecule has 0 unspecified atom stereocenters. The third-order valence-electron chi connectivity index (χ3n) is 7.77. The van der Waals surface area contributed by atoms with Crippen molar-refractivity contribution in [2.45, 2.75) is 56.9 Å². The van der Waals surface area contributed by atoms with Crippen LogP contribution in [0.15, 0.2) is 107 Å². The highest BCUT2D eigenvalue weighted by Crippen LogP contribution is 2.42. The van der Waals surface area contributed by atoms with Crippen LogP contribution in [0, 0.1) is 17.8 Å². The molecule has 1 N–H and O–H groups in total. The molecule has 1 aromatic heterocycles. The van der Waals surface area contributed by atoms with Crippen molar-refractivity contribution in [2.24, 2.45) is 5.92 Å². The molecule has 3 atom stereocenters. The maximum atomic E-state index is 13.6. The molecule has 2 heterocycles. The average molecular weight is 633 g/mol. The van der Waals surface area contributed by atoms with Gasteiger partial charge in [-0.25, -0.2) is 4.79 Å². The van der Waals surface area contributed by atoms with Gasteiger partial charge in [0.05, 0.1) is 12.7 Å².